The Bertz CT molecular complexity index is 1320. The number of hydrogen-bond acceptors (Lipinski definition) is 6. The van der Waals surface area contributed by atoms with E-state index in [0.717, 1.165) is 21.4 Å². The van der Waals surface area contributed by atoms with Crippen LogP contribution < -0.4 is 20.4 Å². The molecule has 2 aromatic carbocycles. The highest BCUT2D eigenvalue weighted by atomic mass is 79.9. The Hall–Kier alpha value is -2.84. The normalized spacial score (nSPS) is 11.9. The zero-order chi connectivity index (χ0) is 19.0. The van der Waals surface area contributed by atoms with Crippen LogP contribution in [-0.2, 0) is 0 Å². The summed E-state index contributed by atoms with van der Waals surface area (Å²) < 4.78 is 7.79. The van der Waals surface area contributed by atoms with Gasteiger partial charge in [0.05, 0.1) is 11.6 Å². The Kier molecular flexibility index (Phi) is 4.59. The van der Waals surface area contributed by atoms with Gasteiger partial charge in [-0.05, 0) is 24.3 Å². The van der Waals surface area contributed by atoms with E-state index in [0.29, 0.717) is 15.8 Å². The Morgan fingerprint density at radius 1 is 1.15 bits per heavy atom. The fourth-order valence-corrected chi connectivity index (χ4v) is 3.92. The van der Waals surface area contributed by atoms with Gasteiger partial charge >= 0.3 is 5.56 Å². The molecule has 4 aromatic rings. The van der Waals surface area contributed by atoms with Crippen molar-refractivity contribution in [2.24, 2.45) is 0 Å². The van der Waals surface area contributed by atoms with Crippen LogP contribution in [0.1, 0.15) is 5.56 Å². The molecule has 0 saturated heterocycles. The number of benzene rings is 2. The van der Waals surface area contributed by atoms with Gasteiger partial charge in [-0.25, -0.2) is 0 Å². The van der Waals surface area contributed by atoms with Gasteiger partial charge in [-0.15, -0.1) is 0 Å². The first kappa shape index (κ1) is 17.6. The number of fused-ring (bicyclic) bond motifs is 1. The van der Waals surface area contributed by atoms with Crippen molar-refractivity contribution >= 4 is 38.3 Å². The number of methoxy groups -OCH3 is 1. The topological polar surface area (TPSA) is 73.6 Å². The van der Waals surface area contributed by atoms with Crippen LogP contribution >= 0.6 is 27.3 Å². The Labute approximate surface area is 165 Å². The molecule has 0 aliphatic heterocycles. The van der Waals surface area contributed by atoms with E-state index < -0.39 is 5.56 Å². The molecule has 0 N–H and O–H groups in total. The minimum atomic E-state index is -0.464. The van der Waals surface area contributed by atoms with E-state index in [2.05, 4.69) is 26.0 Å². The number of nitrogens with zero attached hydrogens (tertiary/aromatic N) is 3. The molecule has 0 radical (unpaired) electrons. The van der Waals surface area contributed by atoms with Crippen molar-refractivity contribution in [2.75, 3.05) is 7.11 Å². The summed E-state index contributed by atoms with van der Waals surface area (Å²) in [7, 11) is 1.57. The van der Waals surface area contributed by atoms with Crippen molar-refractivity contribution in [2.45, 2.75) is 0 Å². The second kappa shape index (κ2) is 7.05. The molecule has 0 spiro atoms. The zero-order valence-corrected chi connectivity index (χ0v) is 16.5. The summed E-state index contributed by atoms with van der Waals surface area (Å²) in [5, 5.41) is 4.25. The molecular weight excluding hydrogens is 430 g/mol. The van der Waals surface area contributed by atoms with Crippen molar-refractivity contribution in [3.63, 3.8) is 0 Å². The molecule has 0 bridgehead atoms. The quantitative estimate of drug-likeness (QED) is 0.488. The van der Waals surface area contributed by atoms with Crippen LogP contribution in [0.5, 0.6) is 5.75 Å². The molecule has 8 heteroatoms. The summed E-state index contributed by atoms with van der Waals surface area (Å²) >= 11 is 4.53. The summed E-state index contributed by atoms with van der Waals surface area (Å²) in [5.41, 5.74) is 0.710. The predicted octanol–water partition coefficient (Wildman–Crippen LogP) is 2.50. The first-order chi connectivity index (χ1) is 13.1. The molecule has 0 aliphatic rings. The van der Waals surface area contributed by atoms with Crippen molar-refractivity contribution < 1.29 is 4.74 Å². The van der Waals surface area contributed by atoms with Gasteiger partial charge in [0.2, 0.25) is 4.96 Å². The first-order valence-corrected chi connectivity index (χ1v) is 9.52. The monoisotopic (exact) mass is 441 g/mol. The first-order valence-electron chi connectivity index (χ1n) is 7.91. The highest BCUT2D eigenvalue weighted by molar-refractivity contribution is 9.10. The Balaban J connectivity index is 1.95. The Morgan fingerprint density at radius 3 is 2.67 bits per heavy atom. The van der Waals surface area contributed by atoms with E-state index in [4.69, 9.17) is 4.74 Å². The third kappa shape index (κ3) is 3.29. The molecule has 0 unspecified atom stereocenters. The van der Waals surface area contributed by atoms with Crippen molar-refractivity contribution in [1.82, 2.24) is 14.6 Å². The van der Waals surface area contributed by atoms with Gasteiger partial charge in [-0.3, -0.25) is 9.59 Å². The fourth-order valence-electron chi connectivity index (χ4n) is 2.65. The molecule has 0 saturated carbocycles. The summed E-state index contributed by atoms with van der Waals surface area (Å²) in [6.07, 6.45) is 1.71. The third-order valence-electron chi connectivity index (χ3n) is 3.91. The molecule has 6 nitrogen and oxygen atoms in total. The lowest BCUT2D eigenvalue weighted by molar-refractivity contribution is 0.414. The van der Waals surface area contributed by atoms with Crippen LogP contribution in [0.2, 0.25) is 0 Å². The summed E-state index contributed by atoms with van der Waals surface area (Å²) in [6, 6.07) is 14.5. The molecule has 0 amide bonds. The lowest BCUT2D eigenvalue weighted by atomic mass is 10.2. The maximum absolute atomic E-state index is 12.8. The van der Waals surface area contributed by atoms with E-state index >= 15 is 0 Å². The number of ether oxygens (including phenoxy) is 1. The van der Waals surface area contributed by atoms with Crippen LogP contribution in [0.3, 0.4) is 0 Å². The summed E-state index contributed by atoms with van der Waals surface area (Å²) in [6.45, 7) is 0. The molecule has 27 heavy (non-hydrogen) atoms. The lowest BCUT2D eigenvalue weighted by Gasteiger charge is -2.04. The van der Waals surface area contributed by atoms with Crippen molar-refractivity contribution in [1.29, 1.82) is 0 Å². The minimum absolute atomic E-state index is 0.148. The zero-order valence-electron chi connectivity index (χ0n) is 14.0. The van der Waals surface area contributed by atoms with E-state index in [1.54, 1.807) is 43.5 Å². The largest absolute Gasteiger partial charge is 0.496 e. The average molecular weight is 442 g/mol. The van der Waals surface area contributed by atoms with Crippen LogP contribution in [0.15, 0.2) is 62.6 Å². The number of halogens is 1. The molecule has 134 valence electrons. The number of hydrogen-bond donors (Lipinski definition) is 0. The van der Waals surface area contributed by atoms with Crippen molar-refractivity contribution in [3.8, 4) is 17.0 Å². The van der Waals surface area contributed by atoms with E-state index in [1.165, 1.54) is 4.52 Å². The van der Waals surface area contributed by atoms with Gasteiger partial charge in [0, 0.05) is 15.6 Å². The molecular formula is C19H12BrN3O3S. The molecule has 0 atom stereocenters. The Morgan fingerprint density at radius 2 is 1.93 bits per heavy atom. The van der Waals surface area contributed by atoms with Gasteiger partial charge in [0.25, 0.3) is 5.56 Å². The van der Waals surface area contributed by atoms with Crippen LogP contribution in [0.4, 0.5) is 0 Å². The van der Waals surface area contributed by atoms with Gasteiger partial charge in [-0.1, -0.05) is 57.6 Å². The maximum Gasteiger partial charge on any atom is 0.300 e. The number of aromatic nitrogens is 3. The maximum atomic E-state index is 12.8. The SMILES string of the molecule is COc1ccc(Br)cc1/C=c1\sc2nc(=O)c(-c3ccccc3)nn2c1=O. The lowest BCUT2D eigenvalue weighted by Crippen LogP contribution is -2.26. The molecule has 0 fully saturated rings. The summed E-state index contributed by atoms with van der Waals surface area (Å²) in [5.74, 6) is 0.635. The third-order valence-corrected chi connectivity index (χ3v) is 5.36. The van der Waals surface area contributed by atoms with Crippen LogP contribution in [-0.4, -0.2) is 21.7 Å². The van der Waals surface area contributed by atoms with Crippen molar-refractivity contribution in [3.05, 3.63) is 83.8 Å². The molecule has 0 aliphatic carbocycles. The van der Waals surface area contributed by atoms with Gasteiger partial charge in [-0.2, -0.15) is 14.6 Å². The summed E-state index contributed by atoms with van der Waals surface area (Å²) in [4.78, 5) is 29.4. The highest BCUT2D eigenvalue weighted by Gasteiger charge is 2.13. The van der Waals surface area contributed by atoms with Gasteiger partial charge < -0.3 is 4.74 Å². The fraction of sp³-hybridized carbons (Fsp3) is 0.0526. The van der Waals surface area contributed by atoms with E-state index in [1.807, 2.05) is 18.2 Å². The number of rotatable bonds is 3. The molecule has 2 heterocycles. The average Bonchev–Trinajstić information content (AvgIpc) is 2.96. The smallest absolute Gasteiger partial charge is 0.300 e. The van der Waals surface area contributed by atoms with Crippen LogP contribution in [0, 0.1) is 0 Å². The number of thiazole rings is 1. The second-order valence-corrected chi connectivity index (χ2v) is 7.55. The highest BCUT2D eigenvalue weighted by Crippen LogP contribution is 2.23. The minimum Gasteiger partial charge on any atom is -0.496 e. The van der Waals surface area contributed by atoms with Gasteiger partial charge in [0.15, 0.2) is 5.69 Å². The molecule has 4 rings (SSSR count). The van der Waals surface area contributed by atoms with Crippen LogP contribution in [0.25, 0.3) is 22.3 Å². The standard InChI is InChI=1S/C19H12BrN3O3S/c1-26-14-8-7-13(20)9-12(14)10-15-18(25)23-19(27-15)21-17(24)16(22-23)11-5-3-2-4-6-11/h2-10H,1H3/b15-10-. The second-order valence-electron chi connectivity index (χ2n) is 5.63. The molecule has 2 aromatic heterocycles. The predicted molar refractivity (Wildman–Crippen MR) is 108 cm³/mol. The van der Waals surface area contributed by atoms with Gasteiger partial charge in [0.1, 0.15) is 5.75 Å². The van der Waals surface area contributed by atoms with E-state index in [9.17, 15) is 9.59 Å². The van der Waals surface area contributed by atoms with E-state index in [-0.39, 0.29) is 16.2 Å².